The van der Waals surface area contributed by atoms with Crippen molar-refractivity contribution >= 4 is 40.5 Å². The maximum Gasteiger partial charge on any atom is 0.269 e. The third-order valence-electron chi connectivity index (χ3n) is 3.35. The molecule has 0 spiro atoms. The van der Waals surface area contributed by atoms with E-state index in [0.29, 0.717) is 10.6 Å². The molecule has 3 N–H and O–H groups in total. The molecule has 0 saturated heterocycles. The molecule has 23 heavy (non-hydrogen) atoms. The van der Waals surface area contributed by atoms with Crippen LogP contribution in [-0.2, 0) is 0 Å². The summed E-state index contributed by atoms with van der Waals surface area (Å²) in [7, 11) is 0. The molecular formula is C17H18ClN3OS. The molecule has 0 bridgehead atoms. The van der Waals surface area contributed by atoms with Crippen molar-refractivity contribution in [3.63, 3.8) is 0 Å². The van der Waals surface area contributed by atoms with Gasteiger partial charge in [-0.25, -0.2) is 0 Å². The van der Waals surface area contributed by atoms with E-state index in [0.717, 1.165) is 22.4 Å². The van der Waals surface area contributed by atoms with Crippen LogP contribution in [0.4, 0.5) is 5.69 Å². The van der Waals surface area contributed by atoms with E-state index in [1.165, 1.54) is 0 Å². The van der Waals surface area contributed by atoms with Crippen LogP contribution in [0, 0.1) is 20.8 Å². The summed E-state index contributed by atoms with van der Waals surface area (Å²) in [5.41, 5.74) is 9.62. The second kappa shape index (κ2) is 7.44. The second-order valence-corrected chi connectivity index (χ2v) is 6.13. The summed E-state index contributed by atoms with van der Waals surface area (Å²) >= 11 is 11.2. The van der Waals surface area contributed by atoms with Crippen LogP contribution in [0.15, 0.2) is 36.4 Å². The van der Waals surface area contributed by atoms with Crippen molar-refractivity contribution in [1.82, 2.24) is 10.9 Å². The van der Waals surface area contributed by atoms with Crippen LogP contribution >= 0.6 is 23.8 Å². The Balaban J connectivity index is 1.93. The maximum atomic E-state index is 12.2. The molecule has 1 amide bonds. The van der Waals surface area contributed by atoms with Crippen LogP contribution in [-0.4, -0.2) is 11.0 Å². The van der Waals surface area contributed by atoms with Crippen molar-refractivity contribution in [2.24, 2.45) is 0 Å². The average molecular weight is 348 g/mol. The number of aryl methyl sites for hydroxylation is 3. The summed E-state index contributed by atoms with van der Waals surface area (Å²) in [5, 5.41) is 3.89. The molecule has 0 radical (unpaired) electrons. The smallest absolute Gasteiger partial charge is 0.269 e. The van der Waals surface area contributed by atoms with Crippen LogP contribution < -0.4 is 16.2 Å². The molecule has 4 nitrogen and oxygen atoms in total. The number of hydrogen-bond donors (Lipinski definition) is 3. The number of halogens is 1. The normalized spacial score (nSPS) is 10.1. The molecule has 0 unspecified atom stereocenters. The lowest BCUT2D eigenvalue weighted by atomic mass is 10.1. The van der Waals surface area contributed by atoms with E-state index in [4.69, 9.17) is 23.8 Å². The van der Waals surface area contributed by atoms with E-state index in [1.807, 2.05) is 45.0 Å². The molecule has 0 aromatic heterocycles. The number of rotatable bonds is 2. The fraction of sp³-hybridized carbons (Fsp3) is 0.176. The van der Waals surface area contributed by atoms with Crippen molar-refractivity contribution in [3.8, 4) is 0 Å². The first-order chi connectivity index (χ1) is 10.9. The molecule has 0 heterocycles. The van der Waals surface area contributed by atoms with E-state index in [1.54, 1.807) is 12.1 Å². The van der Waals surface area contributed by atoms with Gasteiger partial charge in [-0.1, -0.05) is 35.4 Å². The fourth-order valence-corrected chi connectivity index (χ4v) is 2.43. The Morgan fingerprint density at radius 1 is 1.00 bits per heavy atom. The topological polar surface area (TPSA) is 53.2 Å². The van der Waals surface area contributed by atoms with Gasteiger partial charge in [0.05, 0.1) is 0 Å². The maximum absolute atomic E-state index is 12.2. The number of nitrogens with one attached hydrogen (secondary N) is 3. The Hall–Kier alpha value is -2.11. The van der Waals surface area contributed by atoms with Gasteiger partial charge in [0.15, 0.2) is 5.11 Å². The average Bonchev–Trinajstić information content (AvgIpc) is 2.48. The number of thiocarbonyl (C=S) groups is 1. The van der Waals surface area contributed by atoms with E-state index < -0.39 is 0 Å². The quantitative estimate of drug-likeness (QED) is 0.569. The number of benzene rings is 2. The highest BCUT2D eigenvalue weighted by Gasteiger charge is 2.09. The van der Waals surface area contributed by atoms with Gasteiger partial charge in [-0.15, -0.1) is 0 Å². The van der Waals surface area contributed by atoms with Gasteiger partial charge in [0, 0.05) is 16.3 Å². The third-order valence-corrected chi connectivity index (χ3v) is 3.96. The molecule has 0 aliphatic rings. The van der Waals surface area contributed by atoms with Gasteiger partial charge < -0.3 is 5.32 Å². The molecule has 120 valence electrons. The minimum atomic E-state index is -0.242. The number of anilines is 1. The van der Waals surface area contributed by atoms with Crippen molar-refractivity contribution in [3.05, 3.63) is 63.7 Å². The summed E-state index contributed by atoms with van der Waals surface area (Å²) in [5.74, 6) is -0.242. The fourth-order valence-electron chi connectivity index (χ4n) is 2.08. The Morgan fingerprint density at radius 2 is 1.74 bits per heavy atom. The zero-order chi connectivity index (χ0) is 17.0. The minimum Gasteiger partial charge on any atom is -0.331 e. The van der Waals surface area contributed by atoms with Crippen LogP contribution in [0.3, 0.4) is 0 Å². The zero-order valence-electron chi connectivity index (χ0n) is 13.2. The third kappa shape index (κ3) is 4.68. The standard InChI is InChI=1S/C17H18ClN3OS/c1-10-4-7-14(12(3)8-10)16(22)20-21-17(23)19-13-6-5-11(2)15(18)9-13/h4-9H,1-3H3,(H,20,22)(H2,19,21,23). The Kier molecular flexibility index (Phi) is 5.58. The predicted molar refractivity (Wildman–Crippen MR) is 98.9 cm³/mol. The minimum absolute atomic E-state index is 0.242. The van der Waals surface area contributed by atoms with Crippen molar-refractivity contribution in [2.75, 3.05) is 5.32 Å². The van der Waals surface area contributed by atoms with Crippen molar-refractivity contribution < 1.29 is 4.79 Å². The van der Waals surface area contributed by atoms with Gasteiger partial charge in [-0.05, 0) is 62.3 Å². The van der Waals surface area contributed by atoms with Crippen LogP contribution in [0.1, 0.15) is 27.0 Å². The first kappa shape index (κ1) is 17.2. The first-order valence-corrected chi connectivity index (χ1v) is 7.86. The molecular weight excluding hydrogens is 330 g/mol. The summed E-state index contributed by atoms with van der Waals surface area (Å²) in [4.78, 5) is 12.2. The van der Waals surface area contributed by atoms with E-state index in [9.17, 15) is 4.79 Å². The summed E-state index contributed by atoms with van der Waals surface area (Å²) < 4.78 is 0. The van der Waals surface area contributed by atoms with Crippen LogP contribution in [0.5, 0.6) is 0 Å². The number of carbonyl (C=O) groups excluding carboxylic acids is 1. The van der Waals surface area contributed by atoms with Gasteiger partial charge in [-0.2, -0.15) is 0 Å². The Morgan fingerprint density at radius 3 is 2.39 bits per heavy atom. The van der Waals surface area contributed by atoms with Crippen molar-refractivity contribution in [2.45, 2.75) is 20.8 Å². The van der Waals surface area contributed by atoms with E-state index in [-0.39, 0.29) is 11.0 Å². The first-order valence-electron chi connectivity index (χ1n) is 7.07. The Bertz CT molecular complexity index is 761. The molecule has 0 aliphatic carbocycles. The van der Waals surface area contributed by atoms with Gasteiger partial charge in [0.25, 0.3) is 5.91 Å². The zero-order valence-corrected chi connectivity index (χ0v) is 14.7. The molecule has 6 heteroatoms. The van der Waals surface area contributed by atoms with Gasteiger partial charge in [-0.3, -0.25) is 15.6 Å². The highest BCUT2D eigenvalue weighted by molar-refractivity contribution is 7.80. The molecule has 0 fully saturated rings. The van der Waals surface area contributed by atoms with E-state index in [2.05, 4.69) is 16.2 Å². The number of amides is 1. The van der Waals surface area contributed by atoms with Crippen molar-refractivity contribution in [1.29, 1.82) is 0 Å². The van der Waals surface area contributed by atoms with E-state index >= 15 is 0 Å². The molecule has 2 aromatic carbocycles. The largest absolute Gasteiger partial charge is 0.331 e. The number of carbonyl (C=O) groups is 1. The lowest BCUT2D eigenvalue weighted by Gasteiger charge is -2.13. The SMILES string of the molecule is Cc1ccc(C(=O)NNC(=S)Nc2ccc(C)c(Cl)c2)c(C)c1. The molecule has 2 aromatic rings. The highest BCUT2D eigenvalue weighted by Crippen LogP contribution is 2.19. The lowest BCUT2D eigenvalue weighted by Crippen LogP contribution is -2.43. The lowest BCUT2D eigenvalue weighted by molar-refractivity contribution is 0.0943. The number of hydrogen-bond acceptors (Lipinski definition) is 2. The molecule has 0 saturated carbocycles. The monoisotopic (exact) mass is 347 g/mol. The molecule has 2 rings (SSSR count). The molecule has 0 atom stereocenters. The number of hydrazine groups is 1. The molecule has 0 aliphatic heterocycles. The Labute approximate surface area is 146 Å². The summed E-state index contributed by atoms with van der Waals surface area (Å²) in [6, 6.07) is 11.2. The van der Waals surface area contributed by atoms with Gasteiger partial charge in [0.1, 0.15) is 0 Å². The highest BCUT2D eigenvalue weighted by atomic mass is 35.5. The summed E-state index contributed by atoms with van der Waals surface area (Å²) in [6.45, 7) is 5.80. The second-order valence-electron chi connectivity index (χ2n) is 5.32. The van der Waals surface area contributed by atoms with Gasteiger partial charge >= 0.3 is 0 Å². The summed E-state index contributed by atoms with van der Waals surface area (Å²) in [6.07, 6.45) is 0. The predicted octanol–water partition coefficient (Wildman–Crippen LogP) is 3.90. The van der Waals surface area contributed by atoms with Gasteiger partial charge in [0.2, 0.25) is 0 Å². The van der Waals surface area contributed by atoms with Crippen LogP contribution in [0.25, 0.3) is 0 Å². The van der Waals surface area contributed by atoms with Crippen LogP contribution in [0.2, 0.25) is 5.02 Å².